The number of hydrogen-bond donors (Lipinski definition) is 1. The van der Waals surface area contributed by atoms with Crippen molar-refractivity contribution in [2.45, 2.75) is 39.3 Å². The Labute approximate surface area is 136 Å². The van der Waals surface area contributed by atoms with Crippen molar-refractivity contribution in [2.24, 2.45) is 0 Å². The molecule has 1 aliphatic rings. The summed E-state index contributed by atoms with van der Waals surface area (Å²) in [7, 11) is 0. The van der Waals surface area contributed by atoms with Gasteiger partial charge in [-0.15, -0.1) is 10.2 Å². The van der Waals surface area contributed by atoms with Crippen molar-refractivity contribution in [3.8, 4) is 0 Å². The van der Waals surface area contributed by atoms with Crippen LogP contribution in [0.15, 0.2) is 36.4 Å². The summed E-state index contributed by atoms with van der Waals surface area (Å²) in [4.78, 5) is 14.2. The molecule has 0 saturated carbocycles. The van der Waals surface area contributed by atoms with E-state index in [4.69, 9.17) is 0 Å². The maximum Gasteiger partial charge on any atom is 0.272 e. The lowest BCUT2D eigenvalue weighted by atomic mass is 10.00. The van der Waals surface area contributed by atoms with Gasteiger partial charge >= 0.3 is 0 Å². The highest BCUT2D eigenvalue weighted by Crippen LogP contribution is 2.22. The Balaban J connectivity index is 1.70. The monoisotopic (exact) mass is 310 g/mol. The van der Waals surface area contributed by atoms with Gasteiger partial charge in [0, 0.05) is 19.1 Å². The van der Waals surface area contributed by atoms with Gasteiger partial charge < -0.3 is 10.2 Å². The Morgan fingerprint density at radius 3 is 2.70 bits per heavy atom. The van der Waals surface area contributed by atoms with E-state index in [1.165, 1.54) is 11.1 Å². The molecule has 1 N–H and O–H groups in total. The number of fused-ring (bicyclic) bond motifs is 1. The summed E-state index contributed by atoms with van der Waals surface area (Å²) in [5, 5.41) is 11.2. The van der Waals surface area contributed by atoms with Gasteiger partial charge in [0.05, 0.1) is 0 Å². The first-order valence-electron chi connectivity index (χ1n) is 8.13. The van der Waals surface area contributed by atoms with Gasteiger partial charge in [-0.3, -0.25) is 4.79 Å². The number of rotatable bonds is 4. The third kappa shape index (κ3) is 3.50. The number of anilines is 1. The summed E-state index contributed by atoms with van der Waals surface area (Å²) in [6.45, 7) is 5.77. The number of nitrogens with zero attached hydrogens (tertiary/aromatic N) is 3. The first kappa shape index (κ1) is 15.5. The smallest absolute Gasteiger partial charge is 0.272 e. The molecule has 5 nitrogen and oxygen atoms in total. The fourth-order valence-corrected chi connectivity index (χ4v) is 2.71. The Morgan fingerprint density at radius 1 is 1.22 bits per heavy atom. The Morgan fingerprint density at radius 2 is 2.00 bits per heavy atom. The maximum absolute atomic E-state index is 12.0. The van der Waals surface area contributed by atoms with Crippen LogP contribution < -0.4 is 10.2 Å². The summed E-state index contributed by atoms with van der Waals surface area (Å²) in [5.74, 6) is 0.655. The minimum Gasteiger partial charge on any atom is -0.350 e. The lowest BCUT2D eigenvalue weighted by Crippen LogP contribution is -2.33. The second kappa shape index (κ2) is 6.77. The number of carbonyl (C=O) groups excluding carboxylic acids is 1. The molecule has 0 fully saturated rings. The molecule has 0 saturated heterocycles. The number of benzene rings is 1. The Kier molecular flexibility index (Phi) is 4.55. The van der Waals surface area contributed by atoms with Gasteiger partial charge in [-0.25, -0.2) is 0 Å². The molecule has 1 amide bonds. The van der Waals surface area contributed by atoms with Crippen molar-refractivity contribution in [3.05, 3.63) is 53.2 Å². The first-order chi connectivity index (χ1) is 11.2. The summed E-state index contributed by atoms with van der Waals surface area (Å²) in [5.41, 5.74) is 3.10. The molecule has 5 heteroatoms. The lowest BCUT2D eigenvalue weighted by molar-refractivity contribution is 0.0933. The van der Waals surface area contributed by atoms with Gasteiger partial charge in [0.1, 0.15) is 0 Å². The summed E-state index contributed by atoms with van der Waals surface area (Å²) >= 11 is 0. The van der Waals surface area contributed by atoms with Gasteiger partial charge in [-0.2, -0.15) is 0 Å². The fraction of sp³-hybridized carbons (Fsp3) is 0.389. The quantitative estimate of drug-likeness (QED) is 0.943. The third-order valence-corrected chi connectivity index (χ3v) is 4.33. The fourth-order valence-electron chi connectivity index (χ4n) is 2.71. The van der Waals surface area contributed by atoms with Crippen molar-refractivity contribution in [2.75, 3.05) is 11.4 Å². The van der Waals surface area contributed by atoms with Crippen molar-refractivity contribution in [1.82, 2.24) is 15.5 Å². The molecule has 120 valence electrons. The molecule has 0 radical (unpaired) electrons. The van der Waals surface area contributed by atoms with E-state index in [0.29, 0.717) is 5.69 Å². The summed E-state index contributed by atoms with van der Waals surface area (Å²) < 4.78 is 0. The molecular weight excluding hydrogens is 288 g/mol. The van der Waals surface area contributed by atoms with Crippen LogP contribution in [0.1, 0.15) is 41.9 Å². The average molecular weight is 310 g/mol. The summed E-state index contributed by atoms with van der Waals surface area (Å²) in [6, 6.07) is 12.3. The molecule has 3 rings (SSSR count). The molecule has 1 atom stereocenters. The highest BCUT2D eigenvalue weighted by atomic mass is 16.2. The Bertz CT molecular complexity index is 684. The highest BCUT2D eigenvalue weighted by Gasteiger charge is 2.18. The van der Waals surface area contributed by atoms with Crippen LogP contribution >= 0.6 is 0 Å². The van der Waals surface area contributed by atoms with Crippen molar-refractivity contribution < 1.29 is 4.79 Å². The van der Waals surface area contributed by atoms with E-state index in [9.17, 15) is 4.79 Å². The van der Waals surface area contributed by atoms with Crippen molar-refractivity contribution in [1.29, 1.82) is 0 Å². The molecule has 0 bridgehead atoms. The van der Waals surface area contributed by atoms with E-state index in [1.54, 1.807) is 6.07 Å². The molecule has 23 heavy (non-hydrogen) atoms. The third-order valence-electron chi connectivity index (χ3n) is 4.33. The highest BCUT2D eigenvalue weighted by molar-refractivity contribution is 5.92. The SMILES string of the molecule is CCC(C)NC(=O)c1ccc(N2CCc3ccccc3C2)nn1. The van der Waals surface area contributed by atoms with Gasteiger partial charge in [-0.1, -0.05) is 31.2 Å². The molecule has 0 aliphatic carbocycles. The molecule has 0 spiro atoms. The minimum atomic E-state index is -0.164. The average Bonchev–Trinajstić information content (AvgIpc) is 2.61. The van der Waals surface area contributed by atoms with Gasteiger partial charge in [0.25, 0.3) is 5.91 Å². The van der Waals surface area contributed by atoms with E-state index < -0.39 is 0 Å². The number of nitrogens with one attached hydrogen (secondary N) is 1. The molecule has 2 aromatic rings. The second-order valence-electron chi connectivity index (χ2n) is 6.00. The van der Waals surface area contributed by atoms with Crippen LogP contribution in [0.3, 0.4) is 0 Å². The summed E-state index contributed by atoms with van der Waals surface area (Å²) in [6.07, 6.45) is 1.90. The molecule has 2 heterocycles. The van der Waals surface area contributed by atoms with Crippen LogP contribution in [0.5, 0.6) is 0 Å². The minimum absolute atomic E-state index is 0.141. The zero-order valence-corrected chi connectivity index (χ0v) is 13.6. The predicted molar refractivity (Wildman–Crippen MR) is 90.4 cm³/mol. The maximum atomic E-state index is 12.0. The van der Waals surface area contributed by atoms with Gasteiger partial charge in [-0.05, 0) is 43.0 Å². The predicted octanol–water partition coefficient (Wildman–Crippen LogP) is 2.57. The Hall–Kier alpha value is -2.43. The second-order valence-corrected chi connectivity index (χ2v) is 6.00. The van der Waals surface area contributed by atoms with E-state index in [-0.39, 0.29) is 11.9 Å². The van der Waals surface area contributed by atoms with Crippen LogP contribution in [0.25, 0.3) is 0 Å². The van der Waals surface area contributed by atoms with Gasteiger partial charge in [0.15, 0.2) is 11.5 Å². The van der Waals surface area contributed by atoms with E-state index in [1.807, 2.05) is 19.9 Å². The standard InChI is InChI=1S/C18H22N4O/c1-3-13(2)19-18(23)16-8-9-17(21-20-16)22-11-10-14-6-4-5-7-15(14)12-22/h4-9,13H,3,10-12H2,1-2H3,(H,19,23). The molecular formula is C18H22N4O. The molecule has 1 aromatic heterocycles. The number of aromatic nitrogens is 2. The molecule has 1 unspecified atom stereocenters. The normalized spacial score (nSPS) is 15.0. The van der Waals surface area contributed by atoms with Crippen molar-refractivity contribution in [3.63, 3.8) is 0 Å². The number of hydrogen-bond acceptors (Lipinski definition) is 4. The lowest BCUT2D eigenvalue weighted by Gasteiger charge is -2.29. The van der Waals surface area contributed by atoms with Crippen LogP contribution in [-0.2, 0) is 13.0 Å². The van der Waals surface area contributed by atoms with E-state index >= 15 is 0 Å². The van der Waals surface area contributed by atoms with Crippen LogP contribution in [-0.4, -0.2) is 28.7 Å². The zero-order valence-electron chi connectivity index (χ0n) is 13.6. The zero-order chi connectivity index (χ0) is 16.2. The van der Waals surface area contributed by atoms with Crippen molar-refractivity contribution >= 4 is 11.7 Å². The first-order valence-corrected chi connectivity index (χ1v) is 8.13. The van der Waals surface area contributed by atoms with Crippen LogP contribution in [0.2, 0.25) is 0 Å². The molecule has 1 aliphatic heterocycles. The number of amides is 1. The topological polar surface area (TPSA) is 58.1 Å². The largest absolute Gasteiger partial charge is 0.350 e. The van der Waals surface area contributed by atoms with Gasteiger partial charge in [0.2, 0.25) is 0 Å². The van der Waals surface area contributed by atoms with E-state index in [2.05, 4.69) is 44.7 Å². The van der Waals surface area contributed by atoms with Crippen LogP contribution in [0.4, 0.5) is 5.82 Å². The van der Waals surface area contributed by atoms with Crippen LogP contribution in [0, 0.1) is 0 Å². The van der Waals surface area contributed by atoms with E-state index in [0.717, 1.165) is 31.7 Å². The number of carbonyl (C=O) groups is 1. The molecule has 1 aromatic carbocycles.